The van der Waals surface area contributed by atoms with Gasteiger partial charge in [-0.2, -0.15) is 0 Å². The van der Waals surface area contributed by atoms with Crippen molar-refractivity contribution in [1.29, 1.82) is 0 Å². The van der Waals surface area contributed by atoms with Gasteiger partial charge in [-0.15, -0.1) is 0 Å². The number of rotatable bonds is 5. The molecule has 0 aliphatic rings. The summed E-state index contributed by atoms with van der Waals surface area (Å²) in [6.07, 6.45) is 0. The molecule has 0 unspecified atom stereocenters. The maximum atomic E-state index is 12.1. The molecule has 0 saturated heterocycles. The first-order valence-electron chi connectivity index (χ1n) is 6.30. The van der Waals surface area contributed by atoms with Gasteiger partial charge in [-0.25, -0.2) is 0 Å². The Labute approximate surface area is 129 Å². The minimum Gasteiger partial charge on any atom is -0.495 e. The van der Waals surface area contributed by atoms with Crippen LogP contribution in [0.5, 0.6) is 5.75 Å². The van der Waals surface area contributed by atoms with Gasteiger partial charge < -0.3 is 10.1 Å². The third-order valence-electron chi connectivity index (χ3n) is 2.98. The number of nitrogens with zero attached hydrogens (tertiary/aromatic N) is 2. The summed E-state index contributed by atoms with van der Waals surface area (Å²) >= 11 is 0. The topological polar surface area (TPSA) is 125 Å². The van der Waals surface area contributed by atoms with Crippen molar-refractivity contribution < 1.29 is 19.4 Å². The number of ether oxygens (including phenoxy) is 1. The van der Waals surface area contributed by atoms with Crippen LogP contribution >= 0.6 is 0 Å². The second-order valence-electron chi connectivity index (χ2n) is 4.40. The minimum atomic E-state index is -0.596. The van der Waals surface area contributed by atoms with Crippen molar-refractivity contribution in [2.24, 2.45) is 0 Å². The van der Waals surface area contributed by atoms with Gasteiger partial charge in [-0.3, -0.25) is 25.0 Å². The number of nitro groups is 2. The first-order valence-corrected chi connectivity index (χ1v) is 6.30. The van der Waals surface area contributed by atoms with Crippen molar-refractivity contribution in [3.8, 4) is 5.75 Å². The normalized spacial score (nSPS) is 9.96. The number of methoxy groups -OCH3 is 1. The van der Waals surface area contributed by atoms with E-state index in [0.29, 0.717) is 0 Å². The van der Waals surface area contributed by atoms with E-state index in [-0.39, 0.29) is 28.4 Å². The number of hydrogen-bond acceptors (Lipinski definition) is 6. The molecule has 1 N–H and O–H groups in total. The number of amides is 1. The van der Waals surface area contributed by atoms with E-state index < -0.39 is 15.8 Å². The lowest BCUT2D eigenvalue weighted by atomic mass is 10.2. The minimum absolute atomic E-state index is 0.130. The molecule has 0 aliphatic carbocycles. The van der Waals surface area contributed by atoms with Crippen LogP contribution in [-0.2, 0) is 0 Å². The van der Waals surface area contributed by atoms with Crippen LogP contribution in [0.3, 0.4) is 0 Å². The maximum absolute atomic E-state index is 12.1. The van der Waals surface area contributed by atoms with E-state index in [0.717, 1.165) is 0 Å². The summed E-state index contributed by atoms with van der Waals surface area (Å²) in [5.41, 5.74) is -0.0477. The Balaban J connectivity index is 2.26. The summed E-state index contributed by atoms with van der Waals surface area (Å²) in [4.78, 5) is 32.3. The van der Waals surface area contributed by atoms with Gasteiger partial charge in [0.25, 0.3) is 17.3 Å². The van der Waals surface area contributed by atoms with Crippen LogP contribution in [0.25, 0.3) is 0 Å². The number of hydrogen-bond donors (Lipinski definition) is 1. The largest absolute Gasteiger partial charge is 0.495 e. The molecule has 0 aromatic heterocycles. The molecule has 0 atom stereocenters. The van der Waals surface area contributed by atoms with Crippen molar-refractivity contribution in [3.05, 3.63) is 68.3 Å². The molecule has 2 rings (SSSR count). The molecule has 0 heterocycles. The Bertz CT molecular complexity index is 773. The quantitative estimate of drug-likeness (QED) is 0.667. The molecule has 2 aromatic rings. The average Bonchev–Trinajstić information content (AvgIpc) is 2.54. The standard InChI is InChI=1S/C14H11N3O6/c1-23-13-7-6-11(17(21)22)8-12(13)15-14(18)9-2-4-10(5-3-9)16(19)20/h2-8H,1H3,(H,15,18). The molecular formula is C14H11N3O6. The zero-order valence-electron chi connectivity index (χ0n) is 11.9. The number of nitro benzene ring substituents is 2. The predicted molar refractivity (Wildman–Crippen MR) is 80.7 cm³/mol. The van der Waals surface area contributed by atoms with Crippen molar-refractivity contribution in [2.45, 2.75) is 0 Å². The number of non-ortho nitro benzene ring substituents is 2. The van der Waals surface area contributed by atoms with Gasteiger partial charge in [0.1, 0.15) is 5.75 Å². The molecule has 0 aliphatic heterocycles. The Morgan fingerprint density at radius 1 is 1.00 bits per heavy atom. The fourth-order valence-electron chi connectivity index (χ4n) is 1.84. The molecular weight excluding hydrogens is 306 g/mol. The molecule has 9 nitrogen and oxygen atoms in total. The number of carbonyl (C=O) groups is 1. The van der Waals surface area contributed by atoms with Crippen molar-refractivity contribution in [2.75, 3.05) is 12.4 Å². The summed E-state index contributed by atoms with van der Waals surface area (Å²) in [5.74, 6) is -0.315. The first kappa shape index (κ1) is 15.9. The predicted octanol–water partition coefficient (Wildman–Crippen LogP) is 2.76. The molecule has 23 heavy (non-hydrogen) atoms. The van der Waals surface area contributed by atoms with Gasteiger partial charge in [-0.05, 0) is 18.2 Å². The van der Waals surface area contributed by atoms with Crippen LogP contribution < -0.4 is 10.1 Å². The van der Waals surface area contributed by atoms with E-state index in [1.807, 2.05) is 0 Å². The fraction of sp³-hybridized carbons (Fsp3) is 0.0714. The fourth-order valence-corrected chi connectivity index (χ4v) is 1.84. The summed E-state index contributed by atoms with van der Waals surface area (Å²) in [7, 11) is 1.36. The summed E-state index contributed by atoms with van der Waals surface area (Å²) in [6.45, 7) is 0. The molecule has 9 heteroatoms. The highest BCUT2D eigenvalue weighted by atomic mass is 16.6. The van der Waals surface area contributed by atoms with Crippen LogP contribution in [-0.4, -0.2) is 22.9 Å². The van der Waals surface area contributed by atoms with E-state index >= 15 is 0 Å². The third-order valence-corrected chi connectivity index (χ3v) is 2.98. The molecule has 0 saturated carbocycles. The summed E-state index contributed by atoms with van der Waals surface area (Å²) in [5, 5.41) is 23.9. The zero-order chi connectivity index (χ0) is 17.0. The summed E-state index contributed by atoms with van der Waals surface area (Å²) < 4.78 is 5.04. The van der Waals surface area contributed by atoms with Crippen molar-refractivity contribution >= 4 is 23.0 Å². The Kier molecular flexibility index (Phi) is 4.50. The molecule has 0 fully saturated rings. The lowest BCUT2D eigenvalue weighted by molar-refractivity contribution is -0.385. The Morgan fingerprint density at radius 2 is 1.57 bits per heavy atom. The van der Waals surface area contributed by atoms with Crippen LogP contribution in [0.15, 0.2) is 42.5 Å². The molecule has 118 valence electrons. The van der Waals surface area contributed by atoms with E-state index in [1.54, 1.807) is 0 Å². The first-order chi connectivity index (χ1) is 10.9. The third kappa shape index (κ3) is 3.59. The van der Waals surface area contributed by atoms with E-state index in [9.17, 15) is 25.0 Å². The maximum Gasteiger partial charge on any atom is 0.271 e. The number of carbonyl (C=O) groups excluding carboxylic acids is 1. The highest BCUT2D eigenvalue weighted by molar-refractivity contribution is 6.05. The molecule has 1 amide bonds. The van der Waals surface area contributed by atoms with Crippen molar-refractivity contribution in [3.63, 3.8) is 0 Å². The Hall–Kier alpha value is -3.49. The van der Waals surface area contributed by atoms with Crippen LogP contribution in [0.2, 0.25) is 0 Å². The van der Waals surface area contributed by atoms with E-state index in [2.05, 4.69) is 5.32 Å². The van der Waals surface area contributed by atoms with Gasteiger partial charge >= 0.3 is 0 Å². The van der Waals surface area contributed by atoms with Gasteiger partial charge in [0, 0.05) is 29.8 Å². The lowest BCUT2D eigenvalue weighted by Gasteiger charge is -2.10. The van der Waals surface area contributed by atoms with Crippen LogP contribution in [0.1, 0.15) is 10.4 Å². The SMILES string of the molecule is COc1ccc([N+](=O)[O-])cc1NC(=O)c1ccc([N+](=O)[O-])cc1. The van der Waals surface area contributed by atoms with E-state index in [1.165, 1.54) is 49.6 Å². The molecule has 0 spiro atoms. The number of benzene rings is 2. The van der Waals surface area contributed by atoms with Gasteiger partial charge in [0.15, 0.2) is 0 Å². The zero-order valence-corrected chi connectivity index (χ0v) is 11.9. The smallest absolute Gasteiger partial charge is 0.271 e. The van der Waals surface area contributed by atoms with Gasteiger partial charge in [0.2, 0.25) is 0 Å². The highest BCUT2D eigenvalue weighted by Gasteiger charge is 2.15. The second-order valence-corrected chi connectivity index (χ2v) is 4.40. The molecule has 0 bridgehead atoms. The Morgan fingerprint density at radius 3 is 2.09 bits per heavy atom. The number of anilines is 1. The number of nitrogens with one attached hydrogen (secondary N) is 1. The van der Waals surface area contributed by atoms with Crippen molar-refractivity contribution in [1.82, 2.24) is 0 Å². The van der Waals surface area contributed by atoms with Gasteiger partial charge in [-0.1, -0.05) is 0 Å². The van der Waals surface area contributed by atoms with Gasteiger partial charge in [0.05, 0.1) is 22.6 Å². The summed E-state index contributed by atoms with van der Waals surface area (Å²) in [6, 6.07) is 8.75. The monoisotopic (exact) mass is 317 g/mol. The van der Waals surface area contributed by atoms with Crippen LogP contribution in [0.4, 0.5) is 17.1 Å². The molecule has 0 radical (unpaired) electrons. The van der Waals surface area contributed by atoms with E-state index in [4.69, 9.17) is 4.74 Å². The molecule has 2 aromatic carbocycles. The highest BCUT2D eigenvalue weighted by Crippen LogP contribution is 2.29. The lowest BCUT2D eigenvalue weighted by Crippen LogP contribution is -2.12. The van der Waals surface area contributed by atoms with Crippen LogP contribution in [0, 0.1) is 20.2 Å². The second kappa shape index (κ2) is 6.52. The average molecular weight is 317 g/mol.